The summed E-state index contributed by atoms with van der Waals surface area (Å²) in [7, 11) is 0. The molecule has 0 unspecified atom stereocenters. The summed E-state index contributed by atoms with van der Waals surface area (Å²) in [6.45, 7) is -4.65. The summed E-state index contributed by atoms with van der Waals surface area (Å²) in [6, 6.07) is -1.91. The fraction of sp³-hybridized carbons (Fsp3) is 0. The molecule has 0 spiro atoms. The van der Waals surface area contributed by atoms with E-state index in [9.17, 15) is 52.7 Å². The molecule has 0 N–H and O–H groups in total. The number of halogens is 24. The van der Waals surface area contributed by atoms with Crippen LogP contribution in [-0.2, 0) is 0 Å². The molecular formula is C36H3BF24. The summed E-state index contributed by atoms with van der Waals surface area (Å²) in [5.41, 5.74) is -26.3. The highest BCUT2D eigenvalue weighted by atomic mass is 19.2. The van der Waals surface area contributed by atoms with E-state index < -0.39 is 214 Å². The van der Waals surface area contributed by atoms with Crippen LogP contribution in [0.15, 0.2) is 18.2 Å². The van der Waals surface area contributed by atoms with Gasteiger partial charge in [-0.05, 0) is 0 Å². The Morgan fingerprint density at radius 1 is 0.180 bits per heavy atom. The van der Waals surface area contributed by atoms with Crippen LogP contribution in [0.3, 0.4) is 0 Å². The topological polar surface area (TPSA) is 0 Å². The predicted octanol–water partition coefficient (Wildman–Crippen LogP) is 10.5. The van der Waals surface area contributed by atoms with Crippen molar-refractivity contribution in [2.24, 2.45) is 0 Å². The Kier molecular flexibility index (Phi) is 11.1. The molecule has 0 aromatic heterocycles. The van der Waals surface area contributed by atoms with Gasteiger partial charge < -0.3 is 0 Å². The third-order valence-corrected chi connectivity index (χ3v) is 8.84. The molecule has 0 amide bonds. The molecule has 0 aliphatic heterocycles. The Morgan fingerprint density at radius 2 is 0.311 bits per heavy atom. The average Bonchev–Trinajstić information content (AvgIpc) is 3.20. The Balaban J connectivity index is 1.83. The molecule has 6 rings (SSSR count). The average molecular weight is 902 g/mol. The second-order valence-electron chi connectivity index (χ2n) is 12.1. The molecule has 0 bridgehead atoms. The maximum atomic E-state index is 16.0. The maximum Gasteiger partial charge on any atom is 0.265 e. The van der Waals surface area contributed by atoms with Gasteiger partial charge in [-0.3, -0.25) is 0 Å². The zero-order valence-corrected chi connectivity index (χ0v) is 27.9. The van der Waals surface area contributed by atoms with Gasteiger partial charge in [-0.25, -0.2) is 105 Å². The van der Waals surface area contributed by atoms with E-state index >= 15 is 52.7 Å². The fourth-order valence-corrected chi connectivity index (χ4v) is 6.18. The van der Waals surface area contributed by atoms with Crippen molar-refractivity contribution in [3.8, 4) is 33.4 Å². The van der Waals surface area contributed by atoms with E-state index in [1.807, 2.05) is 0 Å². The zero-order chi connectivity index (χ0) is 45.8. The van der Waals surface area contributed by atoms with Crippen LogP contribution < -0.4 is 16.4 Å². The standard InChI is InChI=1S/C36H3BF24/c38-4-1-5(39)20(45)10(19(4)44)13-25(50)31(56)16(32(57)26(13)51)37(17-33(58)27(52)14(28(53)34(17)59)11-21(46)6(40)2-7(41)22(11)47)18-35(60)29(54)15(30(55)36(18)61)12-23(48)8(42)3-9(43)24(12)49/h1-3H. The maximum absolute atomic E-state index is 16.0. The summed E-state index contributed by atoms with van der Waals surface area (Å²) in [6.07, 6.45) is 0. The molecule has 0 atom stereocenters. The van der Waals surface area contributed by atoms with Crippen LogP contribution in [0, 0.1) is 140 Å². The lowest BCUT2D eigenvalue weighted by Gasteiger charge is -2.24. The smallest absolute Gasteiger partial charge is 0.204 e. The minimum atomic E-state index is -4.65. The summed E-state index contributed by atoms with van der Waals surface area (Å²) < 4.78 is 361. The number of hydrogen-bond donors (Lipinski definition) is 0. The van der Waals surface area contributed by atoms with E-state index in [1.54, 1.807) is 0 Å². The van der Waals surface area contributed by atoms with Crippen molar-refractivity contribution in [2.75, 3.05) is 0 Å². The summed E-state index contributed by atoms with van der Waals surface area (Å²) >= 11 is 0. The fourth-order valence-electron chi connectivity index (χ4n) is 6.18. The molecule has 0 saturated carbocycles. The molecular weight excluding hydrogens is 899 g/mol. The third-order valence-electron chi connectivity index (χ3n) is 8.84. The predicted molar refractivity (Wildman–Crippen MR) is 159 cm³/mol. The van der Waals surface area contributed by atoms with Gasteiger partial charge in [0.05, 0.1) is 33.4 Å². The SMILES string of the molecule is Fc1cc(F)c(F)c(-c2c(F)c(F)c(B(c3c(F)c(F)c(-c4c(F)c(F)cc(F)c4F)c(F)c3F)c3c(F)c(F)c(-c4c(F)c(F)cc(F)c4F)c(F)c3F)c(F)c2F)c1F. The lowest BCUT2D eigenvalue weighted by Crippen LogP contribution is -2.60. The van der Waals surface area contributed by atoms with Gasteiger partial charge in [0.15, 0.2) is 140 Å². The van der Waals surface area contributed by atoms with E-state index in [0.717, 1.165) is 0 Å². The second-order valence-corrected chi connectivity index (χ2v) is 12.1. The molecule has 0 aliphatic carbocycles. The van der Waals surface area contributed by atoms with Crippen molar-refractivity contribution in [3.63, 3.8) is 0 Å². The number of hydrogen-bond acceptors (Lipinski definition) is 0. The summed E-state index contributed by atoms with van der Waals surface area (Å²) in [5, 5.41) is 0. The Hall–Kier alpha value is -6.30. The quantitative estimate of drug-likeness (QED) is 0.0888. The van der Waals surface area contributed by atoms with E-state index in [1.165, 1.54) is 0 Å². The van der Waals surface area contributed by atoms with Crippen LogP contribution in [-0.4, -0.2) is 6.71 Å². The van der Waals surface area contributed by atoms with Crippen LogP contribution in [0.2, 0.25) is 0 Å². The molecule has 0 heterocycles. The van der Waals surface area contributed by atoms with E-state index in [2.05, 4.69) is 0 Å². The second kappa shape index (κ2) is 15.3. The van der Waals surface area contributed by atoms with Crippen molar-refractivity contribution in [1.29, 1.82) is 0 Å². The molecule has 0 aliphatic rings. The first-order valence-electron chi connectivity index (χ1n) is 15.4. The first kappa shape index (κ1) is 44.3. The van der Waals surface area contributed by atoms with Gasteiger partial charge in [0.25, 0.3) is 6.71 Å². The molecule has 6 aromatic rings. The van der Waals surface area contributed by atoms with Gasteiger partial charge in [-0.15, -0.1) is 0 Å². The van der Waals surface area contributed by atoms with Crippen molar-refractivity contribution < 1.29 is 105 Å². The van der Waals surface area contributed by atoms with Gasteiger partial charge in [-0.2, -0.15) is 0 Å². The van der Waals surface area contributed by atoms with Crippen molar-refractivity contribution in [3.05, 3.63) is 158 Å². The molecule has 6 aromatic carbocycles. The lowest BCUT2D eigenvalue weighted by atomic mass is 9.35. The normalized spacial score (nSPS) is 11.6. The number of rotatable bonds is 6. The third kappa shape index (κ3) is 6.41. The van der Waals surface area contributed by atoms with Crippen molar-refractivity contribution in [2.45, 2.75) is 0 Å². The van der Waals surface area contributed by atoms with Crippen LogP contribution in [0.5, 0.6) is 0 Å². The van der Waals surface area contributed by atoms with Gasteiger partial charge in [-0.1, -0.05) is 0 Å². The Morgan fingerprint density at radius 3 is 0.459 bits per heavy atom. The summed E-state index contributed by atoms with van der Waals surface area (Å²) in [4.78, 5) is 0. The highest BCUT2D eigenvalue weighted by Gasteiger charge is 2.47. The molecule has 318 valence electrons. The van der Waals surface area contributed by atoms with Gasteiger partial charge in [0.2, 0.25) is 0 Å². The van der Waals surface area contributed by atoms with Crippen molar-refractivity contribution >= 4 is 23.1 Å². The first-order chi connectivity index (χ1) is 28.3. The highest BCUT2D eigenvalue weighted by Crippen LogP contribution is 2.39. The van der Waals surface area contributed by atoms with Crippen LogP contribution in [0.25, 0.3) is 33.4 Å². The van der Waals surface area contributed by atoms with Crippen LogP contribution in [0.4, 0.5) is 105 Å². The van der Waals surface area contributed by atoms with E-state index in [-0.39, 0.29) is 0 Å². The van der Waals surface area contributed by atoms with Crippen LogP contribution >= 0.6 is 0 Å². The number of benzene rings is 6. The van der Waals surface area contributed by atoms with Crippen LogP contribution in [0.1, 0.15) is 0 Å². The molecule has 0 radical (unpaired) electrons. The summed E-state index contributed by atoms with van der Waals surface area (Å²) in [5.74, 6) is -74.3. The largest absolute Gasteiger partial charge is 0.265 e. The first-order valence-corrected chi connectivity index (χ1v) is 15.4. The van der Waals surface area contributed by atoms with Gasteiger partial charge >= 0.3 is 0 Å². The minimum Gasteiger partial charge on any atom is -0.204 e. The Bertz CT molecular complexity index is 2450. The highest BCUT2D eigenvalue weighted by molar-refractivity contribution is 6.95. The molecule has 25 heteroatoms. The van der Waals surface area contributed by atoms with E-state index in [0.29, 0.717) is 0 Å². The minimum absolute atomic E-state index is 0.635. The van der Waals surface area contributed by atoms with Gasteiger partial charge in [0, 0.05) is 34.6 Å². The zero-order valence-electron chi connectivity index (χ0n) is 27.9. The molecule has 0 saturated heterocycles. The van der Waals surface area contributed by atoms with E-state index in [4.69, 9.17) is 0 Å². The van der Waals surface area contributed by atoms with Crippen molar-refractivity contribution in [1.82, 2.24) is 0 Å². The molecule has 61 heavy (non-hydrogen) atoms. The Labute approximate surface area is 320 Å². The molecule has 0 fully saturated rings. The lowest BCUT2D eigenvalue weighted by molar-refractivity contribution is 0.443. The monoisotopic (exact) mass is 902 g/mol. The van der Waals surface area contributed by atoms with Gasteiger partial charge in [0.1, 0.15) is 0 Å². The molecule has 0 nitrogen and oxygen atoms in total.